The number of morpholine rings is 1. The van der Waals surface area contributed by atoms with Gasteiger partial charge in [-0.3, -0.25) is 4.79 Å². The Labute approximate surface area is 158 Å². The van der Waals surface area contributed by atoms with Crippen LogP contribution in [0.1, 0.15) is 5.56 Å². The molecule has 27 heavy (non-hydrogen) atoms. The number of amides is 1. The van der Waals surface area contributed by atoms with Crippen molar-refractivity contribution in [3.8, 4) is 5.75 Å². The molecular weight excluding hydrogens is 368 g/mol. The number of rotatable bonds is 6. The summed E-state index contributed by atoms with van der Waals surface area (Å²) in [4.78, 5) is 12.2. The molecule has 1 amide bonds. The molecular formula is C19H22N2O5S. The highest BCUT2D eigenvalue weighted by molar-refractivity contribution is 7.89. The van der Waals surface area contributed by atoms with Crippen LogP contribution in [0.3, 0.4) is 0 Å². The van der Waals surface area contributed by atoms with Crippen LogP contribution in [0.4, 0.5) is 5.69 Å². The summed E-state index contributed by atoms with van der Waals surface area (Å²) in [6.45, 7) is 3.30. The van der Waals surface area contributed by atoms with Crippen molar-refractivity contribution in [1.82, 2.24) is 4.31 Å². The Hall–Kier alpha value is -2.42. The van der Waals surface area contributed by atoms with Gasteiger partial charge in [0.2, 0.25) is 10.0 Å². The first-order chi connectivity index (χ1) is 12.9. The van der Waals surface area contributed by atoms with E-state index in [0.29, 0.717) is 37.7 Å². The minimum Gasteiger partial charge on any atom is -0.484 e. The van der Waals surface area contributed by atoms with Crippen molar-refractivity contribution < 1.29 is 22.7 Å². The van der Waals surface area contributed by atoms with E-state index in [4.69, 9.17) is 9.47 Å². The van der Waals surface area contributed by atoms with E-state index in [1.807, 2.05) is 25.1 Å². The maximum Gasteiger partial charge on any atom is 0.262 e. The van der Waals surface area contributed by atoms with Crippen LogP contribution in [-0.4, -0.2) is 51.5 Å². The minimum absolute atomic E-state index is 0.128. The van der Waals surface area contributed by atoms with E-state index in [1.165, 1.54) is 16.4 Å². The monoisotopic (exact) mass is 390 g/mol. The molecule has 1 saturated heterocycles. The molecule has 7 nitrogen and oxygen atoms in total. The van der Waals surface area contributed by atoms with Crippen molar-refractivity contribution in [2.75, 3.05) is 38.2 Å². The fourth-order valence-electron chi connectivity index (χ4n) is 2.70. The van der Waals surface area contributed by atoms with Gasteiger partial charge < -0.3 is 14.8 Å². The second kappa shape index (κ2) is 8.51. The Balaban J connectivity index is 1.57. The summed E-state index contributed by atoms with van der Waals surface area (Å²) in [6, 6.07) is 13.5. The van der Waals surface area contributed by atoms with E-state index < -0.39 is 10.0 Å². The molecule has 0 atom stereocenters. The SMILES string of the molecule is Cc1cccc(OCC(=O)Nc2ccc(S(=O)(=O)N3CCOCC3)cc2)c1. The predicted octanol–water partition coefficient (Wildman–Crippen LogP) is 2.03. The van der Waals surface area contributed by atoms with Gasteiger partial charge >= 0.3 is 0 Å². The summed E-state index contributed by atoms with van der Waals surface area (Å²) in [5, 5.41) is 2.69. The molecule has 1 aliphatic rings. The number of carbonyl (C=O) groups is 1. The van der Waals surface area contributed by atoms with Gasteiger partial charge in [-0.2, -0.15) is 4.31 Å². The average Bonchev–Trinajstić information content (AvgIpc) is 2.68. The quantitative estimate of drug-likeness (QED) is 0.816. The molecule has 0 saturated carbocycles. The number of nitrogens with zero attached hydrogens (tertiary/aromatic N) is 1. The van der Waals surface area contributed by atoms with Crippen LogP contribution >= 0.6 is 0 Å². The molecule has 1 aliphatic heterocycles. The first-order valence-electron chi connectivity index (χ1n) is 8.62. The number of carbonyl (C=O) groups excluding carboxylic acids is 1. The van der Waals surface area contributed by atoms with E-state index >= 15 is 0 Å². The third-order valence-electron chi connectivity index (χ3n) is 4.11. The smallest absolute Gasteiger partial charge is 0.262 e. The fraction of sp³-hybridized carbons (Fsp3) is 0.316. The number of hydrogen-bond donors (Lipinski definition) is 1. The molecule has 1 fully saturated rings. The minimum atomic E-state index is -3.54. The summed E-state index contributed by atoms with van der Waals surface area (Å²) < 4.78 is 37.2. The topological polar surface area (TPSA) is 84.9 Å². The summed E-state index contributed by atoms with van der Waals surface area (Å²) in [5.41, 5.74) is 1.55. The Kier molecular flexibility index (Phi) is 6.10. The Morgan fingerprint density at radius 3 is 2.52 bits per heavy atom. The molecule has 144 valence electrons. The second-order valence-electron chi connectivity index (χ2n) is 6.19. The van der Waals surface area contributed by atoms with Gasteiger partial charge in [0.1, 0.15) is 5.75 Å². The van der Waals surface area contributed by atoms with Gasteiger partial charge in [-0.05, 0) is 48.9 Å². The Morgan fingerprint density at radius 1 is 1.15 bits per heavy atom. The summed E-state index contributed by atoms with van der Waals surface area (Å²) in [6.07, 6.45) is 0. The molecule has 3 rings (SSSR count). The standard InChI is InChI=1S/C19H22N2O5S/c1-15-3-2-4-17(13-15)26-14-19(22)20-16-5-7-18(8-6-16)27(23,24)21-9-11-25-12-10-21/h2-8,13H,9-12,14H2,1H3,(H,20,22). The van der Waals surface area contributed by atoms with Gasteiger partial charge in [0, 0.05) is 18.8 Å². The lowest BCUT2D eigenvalue weighted by Crippen LogP contribution is -2.40. The van der Waals surface area contributed by atoms with Gasteiger partial charge in [-0.15, -0.1) is 0 Å². The van der Waals surface area contributed by atoms with E-state index in [-0.39, 0.29) is 17.4 Å². The second-order valence-corrected chi connectivity index (χ2v) is 8.13. The van der Waals surface area contributed by atoms with E-state index in [0.717, 1.165) is 5.56 Å². The van der Waals surface area contributed by atoms with Crippen molar-refractivity contribution >= 4 is 21.6 Å². The number of sulfonamides is 1. The highest BCUT2D eigenvalue weighted by atomic mass is 32.2. The van der Waals surface area contributed by atoms with Crippen LogP contribution in [0.5, 0.6) is 5.75 Å². The third kappa shape index (κ3) is 5.06. The van der Waals surface area contributed by atoms with Gasteiger partial charge in [0.25, 0.3) is 5.91 Å². The number of anilines is 1. The molecule has 0 bridgehead atoms. The summed E-state index contributed by atoms with van der Waals surface area (Å²) >= 11 is 0. The molecule has 2 aromatic carbocycles. The van der Waals surface area contributed by atoms with E-state index in [2.05, 4.69) is 5.32 Å². The fourth-order valence-corrected chi connectivity index (χ4v) is 4.11. The first-order valence-corrected chi connectivity index (χ1v) is 10.1. The predicted molar refractivity (Wildman–Crippen MR) is 101 cm³/mol. The van der Waals surface area contributed by atoms with Crippen molar-refractivity contribution in [2.24, 2.45) is 0 Å². The Morgan fingerprint density at radius 2 is 1.85 bits per heavy atom. The van der Waals surface area contributed by atoms with Crippen molar-refractivity contribution in [1.29, 1.82) is 0 Å². The highest BCUT2D eigenvalue weighted by Crippen LogP contribution is 2.19. The van der Waals surface area contributed by atoms with E-state index in [1.54, 1.807) is 18.2 Å². The van der Waals surface area contributed by atoms with Crippen molar-refractivity contribution in [2.45, 2.75) is 11.8 Å². The lowest BCUT2D eigenvalue weighted by Gasteiger charge is -2.26. The van der Waals surface area contributed by atoms with Crippen molar-refractivity contribution in [3.05, 3.63) is 54.1 Å². The molecule has 0 spiro atoms. The van der Waals surface area contributed by atoms with Gasteiger partial charge in [0.15, 0.2) is 6.61 Å². The number of ether oxygens (including phenoxy) is 2. The van der Waals surface area contributed by atoms with Crippen LogP contribution in [-0.2, 0) is 19.6 Å². The molecule has 1 N–H and O–H groups in total. The number of aryl methyl sites for hydroxylation is 1. The summed E-state index contributed by atoms with van der Waals surface area (Å²) in [5.74, 6) is 0.303. The zero-order valence-electron chi connectivity index (χ0n) is 15.1. The lowest BCUT2D eigenvalue weighted by atomic mass is 10.2. The van der Waals surface area contributed by atoms with Crippen LogP contribution in [0.15, 0.2) is 53.4 Å². The van der Waals surface area contributed by atoms with E-state index in [9.17, 15) is 13.2 Å². The van der Waals surface area contributed by atoms with Crippen molar-refractivity contribution in [3.63, 3.8) is 0 Å². The maximum atomic E-state index is 12.6. The van der Waals surface area contributed by atoms with Gasteiger partial charge in [0.05, 0.1) is 18.1 Å². The molecule has 0 radical (unpaired) electrons. The Bertz CT molecular complexity index is 891. The number of benzene rings is 2. The molecule has 0 unspecified atom stereocenters. The lowest BCUT2D eigenvalue weighted by molar-refractivity contribution is -0.118. The first kappa shape index (κ1) is 19.3. The molecule has 2 aromatic rings. The van der Waals surface area contributed by atoms with Gasteiger partial charge in [-0.25, -0.2) is 8.42 Å². The number of hydrogen-bond acceptors (Lipinski definition) is 5. The van der Waals surface area contributed by atoms with Crippen LogP contribution < -0.4 is 10.1 Å². The van der Waals surface area contributed by atoms with Crippen LogP contribution in [0, 0.1) is 6.92 Å². The summed E-state index contributed by atoms with van der Waals surface area (Å²) in [7, 11) is -3.54. The maximum absolute atomic E-state index is 12.6. The zero-order chi connectivity index (χ0) is 19.3. The van der Waals surface area contributed by atoms with Crippen LogP contribution in [0.25, 0.3) is 0 Å². The number of nitrogens with one attached hydrogen (secondary N) is 1. The third-order valence-corrected chi connectivity index (χ3v) is 6.02. The molecule has 0 aromatic heterocycles. The van der Waals surface area contributed by atoms with Gasteiger partial charge in [-0.1, -0.05) is 12.1 Å². The average molecular weight is 390 g/mol. The van der Waals surface area contributed by atoms with Crippen LogP contribution in [0.2, 0.25) is 0 Å². The zero-order valence-corrected chi connectivity index (χ0v) is 15.9. The molecule has 1 heterocycles. The normalized spacial score (nSPS) is 15.3. The molecule has 8 heteroatoms. The molecule has 0 aliphatic carbocycles. The largest absolute Gasteiger partial charge is 0.484 e. The highest BCUT2D eigenvalue weighted by Gasteiger charge is 2.26.